The average molecular weight is 288 g/mol. The third kappa shape index (κ3) is 3.00. The summed E-state index contributed by atoms with van der Waals surface area (Å²) < 4.78 is 19.0. The van der Waals surface area contributed by atoms with E-state index in [-0.39, 0.29) is 28.5 Å². The van der Waals surface area contributed by atoms with Crippen LogP contribution in [0.2, 0.25) is 0 Å². The molecule has 0 saturated heterocycles. The van der Waals surface area contributed by atoms with E-state index in [1.807, 2.05) is 0 Å². The molecule has 2 rings (SSSR count). The van der Waals surface area contributed by atoms with Crippen LogP contribution in [0.4, 0.5) is 10.1 Å². The lowest BCUT2D eigenvalue weighted by atomic mass is 10.1. The van der Waals surface area contributed by atoms with Crippen LogP contribution in [0.15, 0.2) is 36.4 Å². The Hall–Kier alpha value is -2.89. The summed E-state index contributed by atoms with van der Waals surface area (Å²) in [6.45, 7) is 1.39. The normalized spacial score (nSPS) is 10.2. The van der Waals surface area contributed by atoms with Crippen LogP contribution in [0.3, 0.4) is 0 Å². The van der Waals surface area contributed by atoms with Gasteiger partial charge in [-0.15, -0.1) is 0 Å². The number of Topliss-reactive ketones (excluding diaryl/α,β-unsaturated/α-hetero) is 1. The molecular formula is C15H13FN2O3. The van der Waals surface area contributed by atoms with Gasteiger partial charge in [-0.1, -0.05) is 6.07 Å². The summed E-state index contributed by atoms with van der Waals surface area (Å²) in [6.07, 6.45) is 0. The molecule has 0 spiro atoms. The van der Waals surface area contributed by atoms with Gasteiger partial charge in [0.25, 0.3) is 5.91 Å². The third-order valence-electron chi connectivity index (χ3n) is 2.85. The highest BCUT2D eigenvalue weighted by molar-refractivity contribution is 5.99. The number of carbonyl (C=O) groups is 2. The first kappa shape index (κ1) is 14.5. The number of nitrogens with two attached hydrogens (primary N) is 2. The largest absolute Gasteiger partial charge is 0.456 e. The van der Waals surface area contributed by atoms with Crippen LogP contribution in [-0.4, -0.2) is 11.7 Å². The lowest BCUT2D eigenvalue weighted by molar-refractivity contribution is 0.0991. The Morgan fingerprint density at radius 2 is 1.90 bits per heavy atom. The van der Waals surface area contributed by atoms with Gasteiger partial charge >= 0.3 is 0 Å². The van der Waals surface area contributed by atoms with Gasteiger partial charge in [0.15, 0.2) is 5.78 Å². The standard InChI is InChI=1S/C15H13FN2O3/c1-8(19)10-6-5-9(7-12(10)17)21-13-4-2-3-11(16)14(13)15(18)20/h2-7H,17H2,1H3,(H2,18,20). The molecule has 2 aromatic rings. The zero-order valence-corrected chi connectivity index (χ0v) is 11.2. The van der Waals surface area contributed by atoms with Gasteiger partial charge < -0.3 is 16.2 Å². The zero-order chi connectivity index (χ0) is 15.6. The number of hydrogen-bond acceptors (Lipinski definition) is 4. The highest BCUT2D eigenvalue weighted by atomic mass is 19.1. The fourth-order valence-corrected chi connectivity index (χ4v) is 1.88. The fraction of sp³-hybridized carbons (Fsp3) is 0.0667. The molecule has 0 atom stereocenters. The molecule has 0 radical (unpaired) electrons. The number of benzene rings is 2. The van der Waals surface area contributed by atoms with Crippen LogP contribution in [0.1, 0.15) is 27.6 Å². The van der Waals surface area contributed by atoms with E-state index in [1.165, 1.54) is 37.3 Å². The Balaban J connectivity index is 2.39. The molecular weight excluding hydrogens is 275 g/mol. The quantitative estimate of drug-likeness (QED) is 0.667. The summed E-state index contributed by atoms with van der Waals surface area (Å²) in [4.78, 5) is 22.6. The van der Waals surface area contributed by atoms with Gasteiger partial charge in [0.2, 0.25) is 0 Å². The van der Waals surface area contributed by atoms with Crippen molar-refractivity contribution in [1.82, 2.24) is 0 Å². The van der Waals surface area contributed by atoms with Crippen LogP contribution in [0.5, 0.6) is 11.5 Å². The molecule has 0 aliphatic carbocycles. The maximum Gasteiger partial charge on any atom is 0.255 e. The first-order valence-corrected chi connectivity index (χ1v) is 6.06. The first-order chi connectivity index (χ1) is 9.90. The van der Waals surface area contributed by atoms with Gasteiger partial charge in [0.1, 0.15) is 22.9 Å². The number of ketones is 1. The lowest BCUT2D eigenvalue weighted by Gasteiger charge is -2.11. The van der Waals surface area contributed by atoms with Crippen molar-refractivity contribution in [2.24, 2.45) is 5.73 Å². The monoisotopic (exact) mass is 288 g/mol. The Labute approximate surface area is 120 Å². The minimum Gasteiger partial charge on any atom is -0.456 e. The second-order valence-electron chi connectivity index (χ2n) is 4.38. The predicted octanol–water partition coefficient (Wildman–Crippen LogP) is 2.50. The van der Waals surface area contributed by atoms with E-state index in [0.29, 0.717) is 5.56 Å². The number of halogens is 1. The summed E-state index contributed by atoms with van der Waals surface area (Å²) in [6, 6.07) is 8.34. The molecule has 2 aromatic carbocycles. The second kappa shape index (κ2) is 5.62. The molecule has 4 N–H and O–H groups in total. The van der Waals surface area contributed by atoms with Gasteiger partial charge in [-0.3, -0.25) is 9.59 Å². The number of primary amides is 1. The average Bonchev–Trinajstić information content (AvgIpc) is 2.37. The number of amides is 1. The maximum atomic E-state index is 13.6. The Morgan fingerprint density at radius 3 is 2.48 bits per heavy atom. The predicted molar refractivity (Wildman–Crippen MR) is 75.9 cm³/mol. The van der Waals surface area contributed by atoms with Crippen molar-refractivity contribution in [2.45, 2.75) is 6.92 Å². The number of anilines is 1. The van der Waals surface area contributed by atoms with Gasteiger partial charge in [0.05, 0.1) is 0 Å². The molecule has 0 aromatic heterocycles. The lowest BCUT2D eigenvalue weighted by Crippen LogP contribution is -2.14. The smallest absolute Gasteiger partial charge is 0.255 e. The van der Waals surface area contributed by atoms with Gasteiger partial charge in [-0.25, -0.2) is 4.39 Å². The molecule has 21 heavy (non-hydrogen) atoms. The Morgan fingerprint density at radius 1 is 1.19 bits per heavy atom. The summed E-state index contributed by atoms with van der Waals surface area (Å²) in [7, 11) is 0. The molecule has 108 valence electrons. The van der Waals surface area contributed by atoms with Crippen LogP contribution < -0.4 is 16.2 Å². The SMILES string of the molecule is CC(=O)c1ccc(Oc2cccc(F)c2C(N)=O)cc1N. The first-order valence-electron chi connectivity index (χ1n) is 6.06. The number of nitrogen functional groups attached to an aromatic ring is 1. The van der Waals surface area contributed by atoms with Gasteiger partial charge in [-0.2, -0.15) is 0 Å². The Bertz CT molecular complexity index is 729. The molecule has 1 amide bonds. The van der Waals surface area contributed by atoms with Crippen molar-refractivity contribution in [3.63, 3.8) is 0 Å². The molecule has 0 aliphatic heterocycles. The zero-order valence-electron chi connectivity index (χ0n) is 11.2. The second-order valence-corrected chi connectivity index (χ2v) is 4.38. The summed E-state index contributed by atoms with van der Waals surface area (Å²) in [5.74, 6) is -1.63. The van der Waals surface area contributed by atoms with Crippen LogP contribution in [0.25, 0.3) is 0 Å². The topological polar surface area (TPSA) is 95.4 Å². The van der Waals surface area contributed by atoms with Crippen molar-refractivity contribution in [2.75, 3.05) is 5.73 Å². The summed E-state index contributed by atoms with van der Waals surface area (Å²) in [5, 5.41) is 0. The molecule has 0 aliphatic rings. The van der Waals surface area contributed by atoms with Gasteiger partial charge in [-0.05, 0) is 31.2 Å². The molecule has 5 nitrogen and oxygen atoms in total. The Kier molecular flexibility index (Phi) is 3.89. The van der Waals surface area contributed by atoms with Crippen LogP contribution >= 0.6 is 0 Å². The molecule has 0 heterocycles. The van der Waals surface area contributed by atoms with E-state index in [4.69, 9.17) is 16.2 Å². The molecule has 6 heteroatoms. The number of rotatable bonds is 4. The van der Waals surface area contributed by atoms with E-state index in [1.54, 1.807) is 0 Å². The highest BCUT2D eigenvalue weighted by Crippen LogP contribution is 2.29. The number of ether oxygens (including phenoxy) is 1. The van der Waals surface area contributed by atoms with E-state index in [0.717, 1.165) is 6.07 Å². The number of hydrogen-bond donors (Lipinski definition) is 2. The van der Waals surface area contributed by atoms with E-state index in [2.05, 4.69) is 0 Å². The van der Waals surface area contributed by atoms with Gasteiger partial charge in [0, 0.05) is 17.3 Å². The van der Waals surface area contributed by atoms with Crippen molar-refractivity contribution >= 4 is 17.4 Å². The van der Waals surface area contributed by atoms with Crippen LogP contribution in [0, 0.1) is 5.82 Å². The molecule has 0 bridgehead atoms. The molecule has 0 fully saturated rings. The van der Waals surface area contributed by atoms with Crippen molar-refractivity contribution < 1.29 is 18.7 Å². The highest BCUT2D eigenvalue weighted by Gasteiger charge is 2.16. The molecule has 0 saturated carbocycles. The number of carbonyl (C=O) groups excluding carboxylic acids is 2. The third-order valence-corrected chi connectivity index (χ3v) is 2.85. The van der Waals surface area contributed by atoms with E-state index in [9.17, 15) is 14.0 Å². The van der Waals surface area contributed by atoms with E-state index >= 15 is 0 Å². The molecule has 0 unspecified atom stereocenters. The summed E-state index contributed by atoms with van der Waals surface area (Å²) in [5.41, 5.74) is 11.1. The minimum atomic E-state index is -0.934. The van der Waals surface area contributed by atoms with E-state index < -0.39 is 11.7 Å². The van der Waals surface area contributed by atoms with Crippen LogP contribution in [-0.2, 0) is 0 Å². The van der Waals surface area contributed by atoms with Crippen molar-refractivity contribution in [3.05, 3.63) is 53.3 Å². The minimum absolute atomic E-state index is 0.0162. The van der Waals surface area contributed by atoms with Crippen molar-refractivity contribution in [1.29, 1.82) is 0 Å². The fourth-order valence-electron chi connectivity index (χ4n) is 1.88. The van der Waals surface area contributed by atoms with Crippen molar-refractivity contribution in [3.8, 4) is 11.5 Å². The maximum absolute atomic E-state index is 13.6. The summed E-state index contributed by atoms with van der Waals surface area (Å²) >= 11 is 0.